The molecule has 2 aliphatic heterocycles. The molecule has 1 N–H and O–H groups in total. The summed E-state index contributed by atoms with van der Waals surface area (Å²) in [5.41, 5.74) is 0.517. The van der Waals surface area contributed by atoms with E-state index in [2.05, 4.69) is 15.2 Å². The molecule has 1 fully saturated rings. The van der Waals surface area contributed by atoms with Crippen molar-refractivity contribution in [3.8, 4) is 0 Å². The first-order chi connectivity index (χ1) is 14.9. The van der Waals surface area contributed by atoms with Crippen molar-refractivity contribution in [2.24, 2.45) is 4.99 Å². The van der Waals surface area contributed by atoms with Crippen LogP contribution in [0.15, 0.2) is 51.1 Å². The number of hydrogen-bond acceptors (Lipinski definition) is 8. The number of carbonyl (C=O) groups excluding carboxylic acids is 1. The molecule has 1 saturated heterocycles. The number of methoxy groups -OCH3 is 1. The zero-order chi connectivity index (χ0) is 22.0. The molecule has 0 aliphatic carbocycles. The fraction of sp³-hybridized carbons (Fsp3) is 0.409. The van der Waals surface area contributed by atoms with Crippen LogP contribution in [0.1, 0.15) is 24.1 Å². The number of ether oxygens (including phenoxy) is 2. The average molecular weight is 428 g/mol. The molecule has 0 spiro atoms. The molecule has 0 bridgehead atoms. The quantitative estimate of drug-likeness (QED) is 0.730. The summed E-state index contributed by atoms with van der Waals surface area (Å²) in [7, 11) is 1.34. The zero-order valence-electron chi connectivity index (χ0n) is 17.8. The Labute approximate surface area is 179 Å². The number of esters is 1. The molecular formula is C22H25FN4O4. The Morgan fingerprint density at radius 3 is 2.61 bits per heavy atom. The van der Waals surface area contributed by atoms with Gasteiger partial charge in [0.05, 0.1) is 32.1 Å². The van der Waals surface area contributed by atoms with E-state index in [9.17, 15) is 9.18 Å². The number of oxazole rings is 1. The SMILES string of the molecule is COC(=O)C1=C(CN2CCOCC2)NC(c2ncc(C)o2)=NC1(C)c1ccc(F)cc1. The van der Waals surface area contributed by atoms with Gasteiger partial charge in [0.2, 0.25) is 0 Å². The Kier molecular flexibility index (Phi) is 5.88. The zero-order valence-corrected chi connectivity index (χ0v) is 17.8. The van der Waals surface area contributed by atoms with Crippen LogP contribution in [0.2, 0.25) is 0 Å². The molecule has 164 valence electrons. The number of halogens is 1. The van der Waals surface area contributed by atoms with Crippen LogP contribution < -0.4 is 5.32 Å². The standard InChI is InChI=1S/C22H25FN4O4/c1-14-12-24-20(31-14)19-25-17(13-27-8-10-30-11-9-27)18(21(28)29-3)22(2,26-19)15-4-6-16(23)7-5-15/h4-7,12H,8-11,13H2,1-3H3,(H,25,26). The monoisotopic (exact) mass is 428 g/mol. The number of carbonyl (C=O) groups is 1. The molecule has 31 heavy (non-hydrogen) atoms. The van der Waals surface area contributed by atoms with Crippen molar-refractivity contribution >= 4 is 11.8 Å². The van der Waals surface area contributed by atoms with Gasteiger partial charge in [-0.25, -0.2) is 19.2 Å². The molecule has 1 unspecified atom stereocenters. The van der Waals surface area contributed by atoms with Gasteiger partial charge in [-0.1, -0.05) is 12.1 Å². The van der Waals surface area contributed by atoms with Crippen LogP contribution in [0, 0.1) is 12.7 Å². The van der Waals surface area contributed by atoms with Crippen molar-refractivity contribution in [2.45, 2.75) is 19.4 Å². The first kappa shape index (κ1) is 21.2. The van der Waals surface area contributed by atoms with E-state index in [4.69, 9.17) is 18.9 Å². The highest BCUT2D eigenvalue weighted by atomic mass is 19.1. The lowest BCUT2D eigenvalue weighted by Crippen LogP contribution is -2.46. The smallest absolute Gasteiger partial charge is 0.338 e. The summed E-state index contributed by atoms with van der Waals surface area (Å²) in [6, 6.07) is 5.95. The Balaban J connectivity index is 1.85. The summed E-state index contributed by atoms with van der Waals surface area (Å²) < 4.78 is 29.9. The summed E-state index contributed by atoms with van der Waals surface area (Å²) in [5, 5.41) is 3.25. The third-order valence-corrected chi connectivity index (χ3v) is 5.50. The van der Waals surface area contributed by atoms with E-state index < -0.39 is 11.5 Å². The van der Waals surface area contributed by atoms with Gasteiger partial charge in [-0.15, -0.1) is 0 Å². The van der Waals surface area contributed by atoms with Crippen LogP contribution in [0.3, 0.4) is 0 Å². The van der Waals surface area contributed by atoms with Crippen LogP contribution in [-0.4, -0.2) is 61.6 Å². The Morgan fingerprint density at radius 2 is 2.00 bits per heavy atom. The number of hydrogen-bond donors (Lipinski definition) is 1. The van der Waals surface area contributed by atoms with Crippen LogP contribution in [0.5, 0.6) is 0 Å². The lowest BCUT2D eigenvalue weighted by atomic mass is 9.82. The predicted molar refractivity (Wildman–Crippen MR) is 111 cm³/mol. The van der Waals surface area contributed by atoms with Crippen molar-refractivity contribution in [1.82, 2.24) is 15.2 Å². The minimum absolute atomic E-state index is 0.314. The Bertz CT molecular complexity index is 1020. The molecule has 0 radical (unpaired) electrons. The number of morpholine rings is 1. The molecular weight excluding hydrogens is 403 g/mol. The summed E-state index contributed by atoms with van der Waals surface area (Å²) in [4.78, 5) is 24.3. The van der Waals surface area contributed by atoms with Crippen LogP contribution >= 0.6 is 0 Å². The normalized spacial score (nSPS) is 22.1. The van der Waals surface area contributed by atoms with E-state index in [1.807, 2.05) is 6.92 Å². The van der Waals surface area contributed by atoms with Gasteiger partial charge < -0.3 is 19.2 Å². The average Bonchev–Trinajstić information content (AvgIpc) is 3.20. The van der Waals surface area contributed by atoms with E-state index in [1.165, 1.54) is 19.2 Å². The maximum absolute atomic E-state index is 13.6. The predicted octanol–water partition coefficient (Wildman–Crippen LogP) is 2.15. The Hall–Kier alpha value is -3.04. The minimum Gasteiger partial charge on any atom is -0.466 e. The van der Waals surface area contributed by atoms with Crippen molar-refractivity contribution in [2.75, 3.05) is 40.0 Å². The van der Waals surface area contributed by atoms with Gasteiger partial charge in [-0.3, -0.25) is 4.90 Å². The second-order valence-electron chi connectivity index (χ2n) is 7.67. The number of aliphatic imine (C=N–C) groups is 1. The van der Waals surface area contributed by atoms with Crippen molar-refractivity contribution in [3.63, 3.8) is 0 Å². The van der Waals surface area contributed by atoms with Gasteiger partial charge in [-0.2, -0.15) is 0 Å². The van der Waals surface area contributed by atoms with Gasteiger partial charge in [0.1, 0.15) is 17.1 Å². The van der Waals surface area contributed by atoms with E-state index in [1.54, 1.807) is 25.3 Å². The minimum atomic E-state index is -1.13. The molecule has 1 aromatic heterocycles. The number of aryl methyl sites for hydroxylation is 1. The highest BCUT2D eigenvalue weighted by Gasteiger charge is 2.43. The van der Waals surface area contributed by atoms with E-state index in [-0.39, 0.29) is 5.82 Å². The molecule has 0 amide bonds. The topological polar surface area (TPSA) is 89.2 Å². The number of nitrogens with one attached hydrogen (secondary N) is 1. The second-order valence-corrected chi connectivity index (χ2v) is 7.67. The fourth-order valence-corrected chi connectivity index (χ4v) is 3.88. The molecule has 1 atom stereocenters. The number of benzene rings is 1. The number of aromatic nitrogens is 1. The molecule has 8 nitrogen and oxygen atoms in total. The highest BCUT2D eigenvalue weighted by Crippen LogP contribution is 2.39. The Morgan fingerprint density at radius 1 is 1.29 bits per heavy atom. The third-order valence-electron chi connectivity index (χ3n) is 5.50. The second kappa shape index (κ2) is 8.60. The summed E-state index contributed by atoms with van der Waals surface area (Å²) in [6.45, 7) is 6.77. The molecule has 3 heterocycles. The molecule has 2 aromatic rings. The summed E-state index contributed by atoms with van der Waals surface area (Å²) in [6.07, 6.45) is 1.61. The largest absolute Gasteiger partial charge is 0.466 e. The van der Waals surface area contributed by atoms with Crippen LogP contribution in [-0.2, 0) is 19.8 Å². The van der Waals surface area contributed by atoms with Crippen molar-refractivity contribution in [3.05, 3.63) is 64.8 Å². The van der Waals surface area contributed by atoms with E-state index in [0.717, 1.165) is 13.1 Å². The molecule has 2 aliphatic rings. The lowest BCUT2D eigenvalue weighted by molar-refractivity contribution is -0.137. The molecule has 1 aromatic carbocycles. The van der Waals surface area contributed by atoms with Crippen molar-refractivity contribution < 1.29 is 23.1 Å². The van der Waals surface area contributed by atoms with Crippen LogP contribution in [0.25, 0.3) is 0 Å². The van der Waals surface area contributed by atoms with Crippen molar-refractivity contribution in [1.29, 1.82) is 0 Å². The maximum atomic E-state index is 13.6. The number of nitrogens with zero attached hydrogens (tertiary/aromatic N) is 3. The fourth-order valence-electron chi connectivity index (χ4n) is 3.88. The van der Waals surface area contributed by atoms with Gasteiger partial charge in [0, 0.05) is 25.3 Å². The summed E-state index contributed by atoms with van der Waals surface area (Å²) in [5.74, 6) is 0.477. The van der Waals surface area contributed by atoms with E-state index in [0.29, 0.717) is 54.1 Å². The number of rotatable bonds is 5. The maximum Gasteiger partial charge on any atom is 0.338 e. The number of amidine groups is 1. The molecule has 0 saturated carbocycles. The van der Waals surface area contributed by atoms with E-state index >= 15 is 0 Å². The van der Waals surface area contributed by atoms with Crippen LogP contribution in [0.4, 0.5) is 4.39 Å². The highest BCUT2D eigenvalue weighted by molar-refractivity contribution is 6.02. The molecule has 9 heteroatoms. The van der Waals surface area contributed by atoms with Gasteiger partial charge >= 0.3 is 5.97 Å². The first-order valence-corrected chi connectivity index (χ1v) is 10.1. The van der Waals surface area contributed by atoms with Gasteiger partial charge in [0.15, 0.2) is 5.84 Å². The van der Waals surface area contributed by atoms with Gasteiger partial charge in [-0.05, 0) is 31.5 Å². The van der Waals surface area contributed by atoms with Gasteiger partial charge in [0.25, 0.3) is 5.89 Å². The molecule has 4 rings (SSSR count). The first-order valence-electron chi connectivity index (χ1n) is 10.1. The lowest BCUT2D eigenvalue weighted by Gasteiger charge is -2.36. The third kappa shape index (κ3) is 4.24. The summed E-state index contributed by atoms with van der Waals surface area (Å²) >= 11 is 0.